The number of nitrogens with zero attached hydrogens (tertiary/aromatic N) is 1. The fourth-order valence-corrected chi connectivity index (χ4v) is 1.36. The van der Waals surface area contributed by atoms with Crippen LogP contribution in [0.5, 0.6) is 0 Å². The van der Waals surface area contributed by atoms with Gasteiger partial charge in [0.05, 0.1) is 11.3 Å². The monoisotopic (exact) mass is 207 g/mol. The number of nitrogens with two attached hydrogens (primary N) is 1. The molecule has 4 nitrogen and oxygen atoms in total. The summed E-state index contributed by atoms with van der Waals surface area (Å²) in [7, 11) is 0. The predicted octanol–water partition coefficient (Wildman–Crippen LogP) is 0.763. The van der Waals surface area contributed by atoms with Gasteiger partial charge in [-0.05, 0) is 18.2 Å². The van der Waals surface area contributed by atoms with Crippen LogP contribution in [0.3, 0.4) is 0 Å². The van der Waals surface area contributed by atoms with E-state index in [2.05, 4.69) is 5.10 Å². The second-order valence-electron chi connectivity index (χ2n) is 3.12. The van der Waals surface area contributed by atoms with Gasteiger partial charge >= 0.3 is 0 Å². The lowest BCUT2D eigenvalue weighted by atomic mass is 10.3. The molecule has 1 aromatic heterocycles. The predicted molar refractivity (Wildman–Crippen MR) is 54.2 cm³/mol. The second kappa shape index (κ2) is 3.70. The zero-order chi connectivity index (χ0) is 10.8. The van der Waals surface area contributed by atoms with E-state index in [1.807, 2.05) is 0 Å². The first-order chi connectivity index (χ1) is 7.22. The molecule has 0 bridgehead atoms. The normalized spacial score (nSPS) is 10.5. The summed E-state index contributed by atoms with van der Waals surface area (Å²) in [5.74, 6) is -0.386. The molecule has 0 radical (unpaired) electrons. The molecular formula is C10H10FN3O. The Morgan fingerprint density at radius 1 is 1.47 bits per heavy atom. The molecule has 0 aliphatic carbocycles. The number of benzene rings is 1. The third-order valence-corrected chi connectivity index (χ3v) is 2.13. The third kappa shape index (κ3) is 1.69. The molecular weight excluding hydrogens is 197 g/mol. The van der Waals surface area contributed by atoms with Crippen molar-refractivity contribution in [2.75, 3.05) is 0 Å². The Kier molecular flexibility index (Phi) is 2.39. The van der Waals surface area contributed by atoms with Crippen LogP contribution < -0.4 is 11.3 Å². The van der Waals surface area contributed by atoms with E-state index in [-0.39, 0.29) is 17.9 Å². The Morgan fingerprint density at radius 3 is 2.87 bits per heavy atom. The van der Waals surface area contributed by atoms with E-state index in [9.17, 15) is 9.18 Å². The second-order valence-corrected chi connectivity index (χ2v) is 3.12. The minimum Gasteiger partial charge on any atom is -0.326 e. The van der Waals surface area contributed by atoms with Gasteiger partial charge in [-0.3, -0.25) is 9.89 Å². The Bertz CT molecular complexity index is 529. The zero-order valence-electron chi connectivity index (χ0n) is 7.90. The molecule has 2 rings (SSSR count). The maximum absolute atomic E-state index is 12.9. The topological polar surface area (TPSA) is 63.8 Å². The molecule has 0 aliphatic rings. The molecule has 0 atom stereocenters. The number of aromatic nitrogens is 2. The van der Waals surface area contributed by atoms with Gasteiger partial charge in [0.15, 0.2) is 0 Å². The van der Waals surface area contributed by atoms with Gasteiger partial charge in [-0.25, -0.2) is 9.07 Å². The molecule has 0 amide bonds. The van der Waals surface area contributed by atoms with Gasteiger partial charge in [0, 0.05) is 12.7 Å². The summed E-state index contributed by atoms with van der Waals surface area (Å²) < 4.78 is 14.2. The van der Waals surface area contributed by atoms with Crippen molar-refractivity contribution in [1.29, 1.82) is 0 Å². The molecule has 78 valence electrons. The summed E-state index contributed by atoms with van der Waals surface area (Å²) in [6, 6.07) is 5.78. The highest BCUT2D eigenvalue weighted by Gasteiger charge is 2.06. The molecule has 0 fully saturated rings. The van der Waals surface area contributed by atoms with Crippen molar-refractivity contribution in [3.05, 3.63) is 52.2 Å². The number of halogens is 1. The van der Waals surface area contributed by atoms with Gasteiger partial charge in [0.2, 0.25) is 0 Å². The summed E-state index contributed by atoms with van der Waals surface area (Å²) in [6.07, 6.45) is 1.52. The van der Waals surface area contributed by atoms with Crippen LogP contribution in [0.2, 0.25) is 0 Å². The molecule has 1 heterocycles. The summed E-state index contributed by atoms with van der Waals surface area (Å²) in [4.78, 5) is 11.6. The van der Waals surface area contributed by atoms with Crippen LogP contribution in [-0.4, -0.2) is 9.78 Å². The molecule has 15 heavy (non-hydrogen) atoms. The van der Waals surface area contributed by atoms with Crippen LogP contribution in [0.4, 0.5) is 4.39 Å². The standard InChI is InChI=1S/C10H10FN3O/c11-8-2-1-3-9(4-8)14-10(15)7(5-12)6-13-14/h1-4,6,13H,5,12H2. The minimum absolute atomic E-state index is 0.164. The Balaban J connectivity index is 2.55. The van der Waals surface area contributed by atoms with E-state index in [0.29, 0.717) is 11.3 Å². The largest absolute Gasteiger partial charge is 0.326 e. The molecule has 0 aliphatic heterocycles. The maximum atomic E-state index is 12.9. The fraction of sp³-hybridized carbons (Fsp3) is 0.100. The molecule has 0 spiro atoms. The lowest BCUT2D eigenvalue weighted by Gasteiger charge is -2.00. The van der Waals surface area contributed by atoms with Crippen LogP contribution in [0, 0.1) is 5.82 Å². The first-order valence-corrected chi connectivity index (χ1v) is 4.47. The van der Waals surface area contributed by atoms with Crippen molar-refractivity contribution >= 4 is 0 Å². The van der Waals surface area contributed by atoms with E-state index in [1.165, 1.54) is 23.0 Å². The summed E-state index contributed by atoms with van der Waals surface area (Å²) in [5, 5.41) is 2.73. The minimum atomic E-state index is -0.386. The van der Waals surface area contributed by atoms with Gasteiger partial charge in [0.1, 0.15) is 5.82 Å². The molecule has 0 saturated carbocycles. The number of hydrogen-bond acceptors (Lipinski definition) is 2. The average molecular weight is 207 g/mol. The lowest BCUT2D eigenvalue weighted by Crippen LogP contribution is -2.19. The van der Waals surface area contributed by atoms with Crippen LogP contribution in [0.1, 0.15) is 5.56 Å². The van der Waals surface area contributed by atoms with Gasteiger partial charge in [-0.2, -0.15) is 0 Å². The Morgan fingerprint density at radius 2 is 2.27 bits per heavy atom. The van der Waals surface area contributed by atoms with Crippen molar-refractivity contribution in [3.8, 4) is 5.69 Å². The Hall–Kier alpha value is -1.88. The average Bonchev–Trinajstić information content (AvgIpc) is 2.59. The van der Waals surface area contributed by atoms with Crippen molar-refractivity contribution < 1.29 is 4.39 Å². The fourth-order valence-electron chi connectivity index (χ4n) is 1.36. The van der Waals surface area contributed by atoms with E-state index in [1.54, 1.807) is 12.1 Å². The summed E-state index contributed by atoms with van der Waals surface area (Å²) in [5.41, 5.74) is 6.05. The highest BCUT2D eigenvalue weighted by Crippen LogP contribution is 2.06. The number of H-pyrrole nitrogens is 1. The van der Waals surface area contributed by atoms with Crippen molar-refractivity contribution in [3.63, 3.8) is 0 Å². The number of rotatable bonds is 2. The van der Waals surface area contributed by atoms with Crippen LogP contribution in [-0.2, 0) is 6.54 Å². The van der Waals surface area contributed by atoms with Gasteiger partial charge < -0.3 is 5.73 Å². The number of nitrogens with one attached hydrogen (secondary N) is 1. The van der Waals surface area contributed by atoms with E-state index < -0.39 is 0 Å². The quantitative estimate of drug-likeness (QED) is 0.763. The van der Waals surface area contributed by atoms with Crippen LogP contribution in [0.15, 0.2) is 35.3 Å². The zero-order valence-corrected chi connectivity index (χ0v) is 7.90. The first-order valence-electron chi connectivity index (χ1n) is 4.47. The highest BCUT2D eigenvalue weighted by molar-refractivity contribution is 5.31. The van der Waals surface area contributed by atoms with Crippen LogP contribution in [0.25, 0.3) is 5.69 Å². The maximum Gasteiger partial charge on any atom is 0.275 e. The van der Waals surface area contributed by atoms with E-state index >= 15 is 0 Å². The van der Waals surface area contributed by atoms with Crippen LogP contribution >= 0.6 is 0 Å². The number of aromatic amines is 1. The van der Waals surface area contributed by atoms with E-state index in [0.717, 1.165) is 0 Å². The lowest BCUT2D eigenvalue weighted by molar-refractivity contribution is 0.625. The van der Waals surface area contributed by atoms with Gasteiger partial charge in [0.25, 0.3) is 5.56 Å². The first kappa shape index (κ1) is 9.67. The number of hydrogen-bond donors (Lipinski definition) is 2. The Labute approximate surface area is 85.1 Å². The summed E-state index contributed by atoms with van der Waals surface area (Å²) >= 11 is 0. The molecule has 1 aromatic carbocycles. The molecule has 2 aromatic rings. The van der Waals surface area contributed by atoms with Gasteiger partial charge in [-0.1, -0.05) is 6.07 Å². The SMILES string of the molecule is NCc1c[nH]n(-c2cccc(F)c2)c1=O. The molecule has 0 saturated heterocycles. The molecule has 5 heteroatoms. The highest BCUT2D eigenvalue weighted by atomic mass is 19.1. The smallest absolute Gasteiger partial charge is 0.275 e. The third-order valence-electron chi connectivity index (χ3n) is 2.13. The van der Waals surface area contributed by atoms with Crippen molar-refractivity contribution in [1.82, 2.24) is 9.78 Å². The summed E-state index contributed by atoms with van der Waals surface area (Å²) in [6.45, 7) is 0.164. The van der Waals surface area contributed by atoms with Crippen molar-refractivity contribution in [2.45, 2.75) is 6.54 Å². The van der Waals surface area contributed by atoms with Gasteiger partial charge in [-0.15, -0.1) is 0 Å². The van der Waals surface area contributed by atoms with Crippen molar-refractivity contribution in [2.24, 2.45) is 5.73 Å². The van der Waals surface area contributed by atoms with E-state index in [4.69, 9.17) is 5.73 Å². The molecule has 3 N–H and O–H groups in total. The molecule has 0 unspecified atom stereocenters.